The number of ketones is 1. The van der Waals surface area contributed by atoms with Crippen LogP contribution in [-0.2, 0) is 11.2 Å². The molecule has 1 aromatic carbocycles. The van der Waals surface area contributed by atoms with Crippen molar-refractivity contribution in [2.75, 3.05) is 5.43 Å². The summed E-state index contributed by atoms with van der Waals surface area (Å²) in [5, 5.41) is 3.74. The SMILES string of the molecule is CCc1ccccc1NN=C(Cl)C(C)=O. The number of aryl methyl sites for hydroxylation is 1. The second kappa shape index (κ2) is 5.51. The Morgan fingerprint density at radius 3 is 2.73 bits per heavy atom. The summed E-state index contributed by atoms with van der Waals surface area (Å²) in [6.07, 6.45) is 0.899. The summed E-state index contributed by atoms with van der Waals surface area (Å²) in [7, 11) is 0. The third-order valence-electron chi connectivity index (χ3n) is 1.96. The lowest BCUT2D eigenvalue weighted by Gasteiger charge is -2.05. The summed E-state index contributed by atoms with van der Waals surface area (Å²) in [6, 6.07) is 7.76. The van der Waals surface area contributed by atoms with Gasteiger partial charge in [0.15, 0.2) is 11.0 Å². The van der Waals surface area contributed by atoms with Gasteiger partial charge >= 0.3 is 0 Å². The molecule has 1 aromatic rings. The molecule has 80 valence electrons. The molecule has 3 nitrogen and oxygen atoms in total. The van der Waals surface area contributed by atoms with Gasteiger partial charge in [-0.05, 0) is 18.1 Å². The molecule has 0 bridgehead atoms. The van der Waals surface area contributed by atoms with E-state index in [1.165, 1.54) is 6.92 Å². The van der Waals surface area contributed by atoms with Crippen molar-refractivity contribution in [2.24, 2.45) is 5.10 Å². The van der Waals surface area contributed by atoms with Crippen LogP contribution in [0.3, 0.4) is 0 Å². The van der Waals surface area contributed by atoms with Gasteiger partial charge in [0.25, 0.3) is 0 Å². The molecule has 4 heteroatoms. The summed E-state index contributed by atoms with van der Waals surface area (Å²) in [4.78, 5) is 10.8. The highest BCUT2D eigenvalue weighted by Crippen LogP contribution is 2.15. The summed E-state index contributed by atoms with van der Waals surface area (Å²) < 4.78 is 0. The fourth-order valence-corrected chi connectivity index (χ4v) is 1.17. The maximum Gasteiger partial charge on any atom is 0.191 e. The van der Waals surface area contributed by atoms with Crippen LogP contribution in [0.25, 0.3) is 0 Å². The summed E-state index contributed by atoms with van der Waals surface area (Å²) in [5.74, 6) is -0.252. The lowest BCUT2D eigenvalue weighted by atomic mass is 10.1. The van der Waals surface area contributed by atoms with Crippen LogP contribution in [-0.4, -0.2) is 11.0 Å². The molecule has 0 aliphatic rings. The van der Waals surface area contributed by atoms with Crippen molar-refractivity contribution in [1.29, 1.82) is 0 Å². The molecule has 0 amide bonds. The van der Waals surface area contributed by atoms with E-state index in [1.54, 1.807) is 0 Å². The van der Waals surface area contributed by atoms with Crippen molar-refractivity contribution in [3.8, 4) is 0 Å². The molecule has 0 saturated heterocycles. The first kappa shape index (κ1) is 11.7. The molecule has 0 aromatic heterocycles. The van der Waals surface area contributed by atoms with Crippen LogP contribution in [0.5, 0.6) is 0 Å². The van der Waals surface area contributed by atoms with E-state index in [9.17, 15) is 4.79 Å². The smallest absolute Gasteiger partial charge is 0.191 e. The fourth-order valence-electron chi connectivity index (χ4n) is 1.13. The minimum Gasteiger partial charge on any atom is -0.292 e. The zero-order valence-electron chi connectivity index (χ0n) is 8.75. The Labute approximate surface area is 94.1 Å². The van der Waals surface area contributed by atoms with Crippen LogP contribution >= 0.6 is 11.6 Å². The number of anilines is 1. The molecule has 15 heavy (non-hydrogen) atoms. The van der Waals surface area contributed by atoms with Crippen LogP contribution in [0.15, 0.2) is 29.4 Å². The minimum absolute atomic E-state index is 0.0408. The number of Topliss-reactive ketones (excluding diaryl/α,β-unsaturated/α-hetero) is 1. The monoisotopic (exact) mass is 224 g/mol. The van der Waals surface area contributed by atoms with E-state index in [1.807, 2.05) is 24.3 Å². The van der Waals surface area contributed by atoms with Crippen molar-refractivity contribution >= 4 is 28.2 Å². The molecule has 0 aliphatic heterocycles. The highest BCUT2D eigenvalue weighted by atomic mass is 35.5. The average Bonchev–Trinajstić information content (AvgIpc) is 2.26. The van der Waals surface area contributed by atoms with Gasteiger partial charge in [-0.15, -0.1) is 0 Å². The number of nitrogens with zero attached hydrogens (tertiary/aromatic N) is 1. The van der Waals surface area contributed by atoms with E-state index < -0.39 is 0 Å². The number of rotatable bonds is 4. The summed E-state index contributed by atoms with van der Waals surface area (Å²) in [6.45, 7) is 3.43. The van der Waals surface area contributed by atoms with Gasteiger partial charge in [0.1, 0.15) is 0 Å². The lowest BCUT2D eigenvalue weighted by molar-refractivity contribution is -0.110. The predicted molar refractivity (Wildman–Crippen MR) is 63.4 cm³/mol. The number of hydrogen-bond acceptors (Lipinski definition) is 3. The van der Waals surface area contributed by atoms with Crippen molar-refractivity contribution in [3.63, 3.8) is 0 Å². The second-order valence-corrected chi connectivity index (χ2v) is 3.44. The van der Waals surface area contributed by atoms with Gasteiger partial charge in [-0.25, -0.2) is 0 Å². The molecule has 1 rings (SSSR count). The van der Waals surface area contributed by atoms with E-state index in [2.05, 4.69) is 17.5 Å². The molecule has 0 spiro atoms. The zero-order valence-corrected chi connectivity index (χ0v) is 9.51. The van der Waals surface area contributed by atoms with E-state index >= 15 is 0 Å². The Balaban J connectivity index is 2.81. The predicted octanol–water partition coefficient (Wildman–Crippen LogP) is 2.80. The molecule has 0 saturated carbocycles. The number of hydrogen-bond donors (Lipinski definition) is 1. The number of hydrazone groups is 1. The number of para-hydroxylation sites is 1. The number of benzene rings is 1. The Kier molecular flexibility index (Phi) is 4.31. The molecule has 0 heterocycles. The molecule has 0 atom stereocenters. The molecule has 1 N–H and O–H groups in total. The van der Waals surface area contributed by atoms with Crippen LogP contribution in [0.2, 0.25) is 0 Å². The number of halogens is 1. The van der Waals surface area contributed by atoms with Crippen molar-refractivity contribution in [1.82, 2.24) is 0 Å². The second-order valence-electron chi connectivity index (χ2n) is 3.08. The van der Waals surface area contributed by atoms with Crippen LogP contribution in [0, 0.1) is 0 Å². The van der Waals surface area contributed by atoms with Gasteiger partial charge in [-0.2, -0.15) is 5.10 Å². The first-order valence-corrected chi connectivity index (χ1v) is 5.11. The molecule has 0 unspecified atom stereocenters. The molecular formula is C11H13ClN2O. The van der Waals surface area contributed by atoms with E-state index in [0.717, 1.165) is 17.7 Å². The molecule has 0 fully saturated rings. The van der Waals surface area contributed by atoms with E-state index in [-0.39, 0.29) is 11.0 Å². The van der Waals surface area contributed by atoms with Crippen molar-refractivity contribution in [2.45, 2.75) is 20.3 Å². The van der Waals surface area contributed by atoms with Crippen LogP contribution in [0.1, 0.15) is 19.4 Å². The molecule has 0 aliphatic carbocycles. The van der Waals surface area contributed by atoms with Crippen LogP contribution in [0.4, 0.5) is 5.69 Å². The Hall–Kier alpha value is -1.35. The van der Waals surface area contributed by atoms with Crippen molar-refractivity contribution in [3.05, 3.63) is 29.8 Å². The van der Waals surface area contributed by atoms with Gasteiger partial charge in [-0.1, -0.05) is 36.7 Å². The Morgan fingerprint density at radius 2 is 2.13 bits per heavy atom. The van der Waals surface area contributed by atoms with E-state index in [0.29, 0.717) is 0 Å². The molecular weight excluding hydrogens is 212 g/mol. The number of carbonyl (C=O) groups is 1. The van der Waals surface area contributed by atoms with Gasteiger partial charge in [0, 0.05) is 6.92 Å². The van der Waals surface area contributed by atoms with Crippen molar-refractivity contribution < 1.29 is 4.79 Å². The summed E-state index contributed by atoms with van der Waals surface area (Å²) >= 11 is 5.60. The topological polar surface area (TPSA) is 41.5 Å². The normalized spacial score (nSPS) is 11.3. The third kappa shape index (κ3) is 3.36. The number of nitrogens with one attached hydrogen (secondary N) is 1. The third-order valence-corrected chi connectivity index (χ3v) is 2.31. The Bertz CT molecular complexity index is 388. The number of carbonyl (C=O) groups excluding carboxylic acids is 1. The van der Waals surface area contributed by atoms with E-state index in [4.69, 9.17) is 11.6 Å². The standard InChI is InChI=1S/C11H13ClN2O/c1-3-9-6-4-5-7-10(9)13-14-11(12)8(2)15/h4-7,13H,3H2,1-2H3. The first-order valence-electron chi connectivity index (χ1n) is 4.73. The minimum atomic E-state index is -0.252. The lowest BCUT2D eigenvalue weighted by Crippen LogP contribution is -2.05. The highest BCUT2D eigenvalue weighted by Gasteiger charge is 2.01. The summed E-state index contributed by atoms with van der Waals surface area (Å²) in [5.41, 5.74) is 4.79. The van der Waals surface area contributed by atoms with Gasteiger partial charge in [0.2, 0.25) is 0 Å². The van der Waals surface area contributed by atoms with Gasteiger partial charge in [0.05, 0.1) is 5.69 Å². The fraction of sp³-hybridized carbons (Fsp3) is 0.273. The maximum absolute atomic E-state index is 10.8. The average molecular weight is 225 g/mol. The quantitative estimate of drug-likeness (QED) is 0.631. The molecule has 0 radical (unpaired) electrons. The highest BCUT2D eigenvalue weighted by molar-refractivity contribution is 6.82. The van der Waals surface area contributed by atoms with Crippen LogP contribution < -0.4 is 5.43 Å². The largest absolute Gasteiger partial charge is 0.292 e. The zero-order chi connectivity index (χ0) is 11.3. The van der Waals surface area contributed by atoms with Gasteiger partial charge in [-0.3, -0.25) is 10.2 Å². The van der Waals surface area contributed by atoms with Gasteiger partial charge < -0.3 is 0 Å². The maximum atomic E-state index is 10.8. The Morgan fingerprint density at radius 1 is 1.47 bits per heavy atom. The first-order chi connectivity index (χ1) is 7.15.